The maximum absolute atomic E-state index is 11.4. The number of likely N-dealkylation sites (N-methyl/N-ethyl adjacent to an activating group) is 1. The summed E-state index contributed by atoms with van der Waals surface area (Å²) in [5, 5.41) is 6.06. The molecule has 4 heteroatoms. The molecule has 0 aromatic carbocycles. The van der Waals surface area contributed by atoms with Crippen molar-refractivity contribution < 1.29 is 4.79 Å². The Morgan fingerprint density at radius 2 is 2.06 bits per heavy atom. The summed E-state index contributed by atoms with van der Waals surface area (Å²) >= 11 is 0. The first kappa shape index (κ1) is 13.5. The van der Waals surface area contributed by atoms with E-state index in [1.807, 2.05) is 6.92 Å². The number of carbonyl (C=O) groups is 1. The van der Waals surface area contributed by atoms with Gasteiger partial charge in [0, 0.05) is 13.1 Å². The molecule has 1 heterocycles. The van der Waals surface area contributed by atoms with Crippen LogP contribution in [0, 0.1) is 0 Å². The van der Waals surface area contributed by atoms with Crippen molar-refractivity contribution in [3.63, 3.8) is 0 Å². The van der Waals surface area contributed by atoms with E-state index in [4.69, 9.17) is 0 Å². The summed E-state index contributed by atoms with van der Waals surface area (Å²) in [7, 11) is 1.68. The molecule has 2 N–H and O–H groups in total. The van der Waals surface area contributed by atoms with Gasteiger partial charge in [-0.25, -0.2) is 0 Å². The van der Waals surface area contributed by atoms with Crippen LogP contribution in [0.15, 0.2) is 0 Å². The molecule has 0 radical (unpaired) electrons. The Bertz CT molecular complexity index is 212. The van der Waals surface area contributed by atoms with Gasteiger partial charge in [-0.3, -0.25) is 4.79 Å². The van der Waals surface area contributed by atoms with Gasteiger partial charge in [0.25, 0.3) is 0 Å². The first-order chi connectivity index (χ1) is 7.67. The van der Waals surface area contributed by atoms with Gasteiger partial charge in [0.2, 0.25) is 5.91 Å². The summed E-state index contributed by atoms with van der Waals surface area (Å²) in [4.78, 5) is 13.9. The van der Waals surface area contributed by atoms with Crippen LogP contribution in [0.5, 0.6) is 0 Å². The number of carbonyl (C=O) groups excluding carboxylic acids is 1. The van der Waals surface area contributed by atoms with Gasteiger partial charge in [0.1, 0.15) is 0 Å². The van der Waals surface area contributed by atoms with Crippen molar-refractivity contribution >= 4 is 5.91 Å². The van der Waals surface area contributed by atoms with Crippen LogP contribution in [-0.2, 0) is 4.79 Å². The predicted octanol–water partition coefficient (Wildman–Crippen LogP) is 0.585. The van der Waals surface area contributed by atoms with E-state index in [-0.39, 0.29) is 11.9 Å². The molecule has 0 aromatic rings. The zero-order valence-electron chi connectivity index (χ0n) is 10.8. The number of amides is 1. The van der Waals surface area contributed by atoms with Crippen LogP contribution in [0.4, 0.5) is 0 Å². The minimum Gasteiger partial charge on any atom is -0.358 e. The van der Waals surface area contributed by atoms with E-state index < -0.39 is 0 Å². The molecule has 0 bridgehead atoms. The molecule has 1 unspecified atom stereocenters. The van der Waals surface area contributed by atoms with E-state index in [1.54, 1.807) is 7.05 Å². The summed E-state index contributed by atoms with van der Waals surface area (Å²) in [6.07, 6.45) is 3.54. The number of nitrogens with one attached hydrogen (secondary N) is 2. The molecule has 1 saturated heterocycles. The molecular formula is C12H25N3O. The molecular weight excluding hydrogens is 202 g/mol. The van der Waals surface area contributed by atoms with Gasteiger partial charge in [0.05, 0.1) is 6.04 Å². The molecule has 94 valence electrons. The highest BCUT2D eigenvalue weighted by atomic mass is 16.2. The van der Waals surface area contributed by atoms with E-state index in [1.165, 1.54) is 13.0 Å². The Kier molecular flexibility index (Phi) is 5.77. The van der Waals surface area contributed by atoms with Crippen molar-refractivity contribution in [3.8, 4) is 0 Å². The number of rotatable bonds is 5. The van der Waals surface area contributed by atoms with Gasteiger partial charge < -0.3 is 15.5 Å². The highest BCUT2D eigenvalue weighted by Gasteiger charge is 2.21. The second-order valence-corrected chi connectivity index (χ2v) is 4.62. The molecule has 1 aliphatic rings. The normalized spacial score (nSPS) is 20.7. The van der Waals surface area contributed by atoms with Crippen LogP contribution < -0.4 is 10.6 Å². The summed E-state index contributed by atoms with van der Waals surface area (Å²) in [6, 6.07) is 0.424. The molecule has 0 saturated carbocycles. The maximum Gasteiger partial charge on any atom is 0.236 e. The van der Waals surface area contributed by atoms with Crippen molar-refractivity contribution in [2.75, 3.05) is 26.7 Å². The average molecular weight is 227 g/mol. The van der Waals surface area contributed by atoms with Crippen LogP contribution in [0.1, 0.15) is 33.1 Å². The SMILES string of the molecule is CCCN1CCC(NC(C)C(=O)NC)CC1. The molecule has 0 spiro atoms. The van der Waals surface area contributed by atoms with Crippen LogP contribution in [0.25, 0.3) is 0 Å². The van der Waals surface area contributed by atoms with Gasteiger partial charge in [0.15, 0.2) is 0 Å². The van der Waals surface area contributed by atoms with Crippen LogP contribution in [0.3, 0.4) is 0 Å². The van der Waals surface area contributed by atoms with Crippen molar-refractivity contribution in [1.82, 2.24) is 15.5 Å². The highest BCUT2D eigenvalue weighted by molar-refractivity contribution is 5.80. The van der Waals surface area contributed by atoms with E-state index >= 15 is 0 Å². The van der Waals surface area contributed by atoms with Gasteiger partial charge >= 0.3 is 0 Å². The van der Waals surface area contributed by atoms with Gasteiger partial charge in [-0.15, -0.1) is 0 Å². The van der Waals surface area contributed by atoms with Gasteiger partial charge in [-0.2, -0.15) is 0 Å². The van der Waals surface area contributed by atoms with Crippen LogP contribution in [0.2, 0.25) is 0 Å². The minimum atomic E-state index is -0.0762. The third-order valence-electron chi connectivity index (χ3n) is 3.25. The Labute approximate surface area is 98.8 Å². The lowest BCUT2D eigenvalue weighted by Gasteiger charge is -2.33. The van der Waals surface area contributed by atoms with E-state index in [2.05, 4.69) is 22.5 Å². The first-order valence-electron chi connectivity index (χ1n) is 6.37. The minimum absolute atomic E-state index is 0.0762. The molecule has 4 nitrogen and oxygen atoms in total. The number of hydrogen-bond donors (Lipinski definition) is 2. The number of hydrogen-bond acceptors (Lipinski definition) is 3. The van der Waals surface area contributed by atoms with Crippen molar-refractivity contribution in [2.24, 2.45) is 0 Å². The predicted molar refractivity (Wildman–Crippen MR) is 66.4 cm³/mol. The topological polar surface area (TPSA) is 44.4 Å². The molecule has 1 amide bonds. The molecule has 16 heavy (non-hydrogen) atoms. The lowest BCUT2D eigenvalue weighted by molar-refractivity contribution is -0.122. The molecule has 1 atom stereocenters. The largest absolute Gasteiger partial charge is 0.358 e. The summed E-state index contributed by atoms with van der Waals surface area (Å²) < 4.78 is 0. The molecule has 1 aliphatic heterocycles. The monoisotopic (exact) mass is 227 g/mol. The van der Waals surface area contributed by atoms with E-state index in [0.717, 1.165) is 25.9 Å². The van der Waals surface area contributed by atoms with Crippen molar-refractivity contribution in [2.45, 2.75) is 45.2 Å². The second kappa shape index (κ2) is 6.86. The van der Waals surface area contributed by atoms with Crippen LogP contribution in [-0.4, -0.2) is 49.6 Å². The third-order valence-corrected chi connectivity index (χ3v) is 3.25. The maximum atomic E-state index is 11.4. The Morgan fingerprint density at radius 3 is 2.56 bits per heavy atom. The van der Waals surface area contributed by atoms with Crippen molar-refractivity contribution in [3.05, 3.63) is 0 Å². The smallest absolute Gasteiger partial charge is 0.236 e. The lowest BCUT2D eigenvalue weighted by atomic mass is 10.0. The molecule has 0 aromatic heterocycles. The summed E-state index contributed by atoms with van der Waals surface area (Å²) in [5.74, 6) is 0.0796. The first-order valence-corrected chi connectivity index (χ1v) is 6.37. The fourth-order valence-corrected chi connectivity index (χ4v) is 2.29. The zero-order valence-corrected chi connectivity index (χ0v) is 10.8. The average Bonchev–Trinajstić information content (AvgIpc) is 2.31. The quantitative estimate of drug-likeness (QED) is 0.722. The Balaban J connectivity index is 2.24. The number of likely N-dealkylation sites (tertiary alicyclic amines) is 1. The zero-order chi connectivity index (χ0) is 12.0. The second-order valence-electron chi connectivity index (χ2n) is 4.62. The van der Waals surface area contributed by atoms with Gasteiger partial charge in [-0.05, 0) is 45.8 Å². The van der Waals surface area contributed by atoms with Crippen LogP contribution >= 0.6 is 0 Å². The number of piperidine rings is 1. The van der Waals surface area contributed by atoms with Crippen molar-refractivity contribution in [1.29, 1.82) is 0 Å². The molecule has 1 fully saturated rings. The fourth-order valence-electron chi connectivity index (χ4n) is 2.29. The standard InChI is InChI=1S/C12H25N3O/c1-4-7-15-8-5-11(6-9-15)14-10(2)12(16)13-3/h10-11,14H,4-9H2,1-3H3,(H,13,16). The summed E-state index contributed by atoms with van der Waals surface area (Å²) in [6.45, 7) is 7.67. The Morgan fingerprint density at radius 1 is 1.44 bits per heavy atom. The van der Waals surface area contributed by atoms with E-state index in [9.17, 15) is 4.79 Å². The fraction of sp³-hybridized carbons (Fsp3) is 0.917. The lowest BCUT2D eigenvalue weighted by Crippen LogP contribution is -2.49. The number of nitrogens with zero attached hydrogens (tertiary/aromatic N) is 1. The molecule has 0 aliphatic carbocycles. The van der Waals surface area contributed by atoms with Gasteiger partial charge in [-0.1, -0.05) is 6.92 Å². The Hall–Kier alpha value is -0.610. The summed E-state index contributed by atoms with van der Waals surface area (Å²) in [5.41, 5.74) is 0. The highest BCUT2D eigenvalue weighted by Crippen LogP contribution is 2.11. The van der Waals surface area contributed by atoms with E-state index in [0.29, 0.717) is 6.04 Å². The molecule has 1 rings (SSSR count). The third kappa shape index (κ3) is 4.10.